The molecule has 0 aliphatic rings. The van der Waals surface area contributed by atoms with Gasteiger partial charge in [-0.15, -0.1) is 0 Å². The van der Waals surface area contributed by atoms with Crippen LogP contribution >= 0.6 is 0 Å². The Hall–Kier alpha value is -7.90. The summed E-state index contributed by atoms with van der Waals surface area (Å²) in [5, 5.41) is 4.64. The average Bonchev–Trinajstić information content (AvgIpc) is 4.01. The van der Waals surface area contributed by atoms with Gasteiger partial charge in [0.15, 0.2) is 0 Å². The third-order valence-corrected chi connectivity index (χ3v) is 11.6. The molecule has 0 bridgehead atoms. The number of aromatic nitrogens is 6. The van der Waals surface area contributed by atoms with Crippen molar-refractivity contribution in [2.45, 2.75) is 0 Å². The molecule has 0 saturated carbocycles. The van der Waals surface area contributed by atoms with E-state index in [9.17, 15) is 0 Å². The minimum absolute atomic E-state index is 0.781. The maximum Gasteiger partial charge on any atom is 0.223 e. The lowest BCUT2D eigenvalue weighted by molar-refractivity contribution is 0.669. The van der Waals surface area contributed by atoms with Gasteiger partial charge in [-0.25, -0.2) is 14.5 Å². The topological polar surface area (TPSA) is 57.6 Å². The lowest BCUT2D eigenvalue weighted by atomic mass is 10.0. The summed E-state index contributed by atoms with van der Waals surface area (Å²) in [6, 6.07) is 64.2. The predicted molar refractivity (Wildman–Crippen MR) is 232 cm³/mol. The third-order valence-electron chi connectivity index (χ3n) is 11.6. The quantitative estimate of drug-likeness (QED) is 0.182. The molecule has 57 heavy (non-hydrogen) atoms. The van der Waals surface area contributed by atoms with Crippen molar-refractivity contribution in [3.05, 3.63) is 182 Å². The zero-order valence-corrected chi connectivity index (χ0v) is 30.4. The molecular formula is C50H30N6O. The molecule has 0 radical (unpaired) electrons. The number of rotatable bonds is 3. The van der Waals surface area contributed by atoms with E-state index in [1.807, 2.05) is 18.2 Å². The summed E-state index contributed by atoms with van der Waals surface area (Å²) in [5.74, 6) is 1.57. The Morgan fingerprint density at radius 2 is 0.860 bits per heavy atom. The average molecular weight is 731 g/mol. The number of furan rings is 1. The van der Waals surface area contributed by atoms with E-state index in [0.717, 1.165) is 89.1 Å². The molecule has 266 valence electrons. The predicted octanol–water partition coefficient (Wildman–Crippen LogP) is 12.5. The summed E-state index contributed by atoms with van der Waals surface area (Å²) >= 11 is 0. The van der Waals surface area contributed by atoms with Crippen molar-refractivity contribution in [2.24, 2.45) is 0 Å². The molecule has 0 N–H and O–H groups in total. The fraction of sp³-hybridized carbons (Fsp3) is 0. The van der Waals surface area contributed by atoms with Gasteiger partial charge in [-0.2, -0.15) is 0 Å². The maximum atomic E-state index is 6.47. The Morgan fingerprint density at radius 1 is 0.333 bits per heavy atom. The summed E-state index contributed by atoms with van der Waals surface area (Å²) in [5.41, 5.74) is 14.3. The molecule has 5 heterocycles. The van der Waals surface area contributed by atoms with E-state index >= 15 is 0 Å². The summed E-state index contributed by atoms with van der Waals surface area (Å²) in [4.78, 5) is 10.6. The molecule has 0 aliphatic heterocycles. The van der Waals surface area contributed by atoms with E-state index in [0.29, 0.717) is 0 Å². The van der Waals surface area contributed by atoms with E-state index in [4.69, 9.17) is 14.4 Å². The van der Waals surface area contributed by atoms with Gasteiger partial charge in [0.05, 0.1) is 49.8 Å². The number of nitrogens with zero attached hydrogens (tertiary/aromatic N) is 6. The molecule has 13 rings (SSSR count). The highest BCUT2D eigenvalue weighted by Gasteiger charge is 2.20. The van der Waals surface area contributed by atoms with Crippen molar-refractivity contribution in [1.29, 1.82) is 0 Å². The van der Waals surface area contributed by atoms with Crippen LogP contribution in [-0.2, 0) is 0 Å². The minimum Gasteiger partial charge on any atom is -0.456 e. The van der Waals surface area contributed by atoms with Crippen molar-refractivity contribution in [1.82, 2.24) is 27.9 Å². The second-order valence-corrected chi connectivity index (χ2v) is 14.7. The molecule has 0 saturated heterocycles. The Balaban J connectivity index is 1.09. The molecule has 0 amide bonds. The Bertz CT molecular complexity index is 3770. The highest BCUT2D eigenvalue weighted by molar-refractivity contribution is 6.11. The Labute approximate surface area is 324 Å². The molecule has 7 heteroatoms. The summed E-state index contributed by atoms with van der Waals surface area (Å²) in [6.07, 6.45) is 0. The van der Waals surface area contributed by atoms with E-state index in [1.54, 1.807) is 0 Å². The Morgan fingerprint density at radius 3 is 1.54 bits per heavy atom. The first-order chi connectivity index (χ1) is 28.3. The molecule has 8 aromatic carbocycles. The van der Waals surface area contributed by atoms with Crippen LogP contribution in [0.3, 0.4) is 0 Å². The second kappa shape index (κ2) is 11.3. The zero-order valence-electron chi connectivity index (χ0n) is 30.4. The van der Waals surface area contributed by atoms with Gasteiger partial charge < -0.3 is 8.98 Å². The number of imidazole rings is 2. The number of fused-ring (bicyclic) bond motifs is 15. The van der Waals surface area contributed by atoms with Gasteiger partial charge in [0.25, 0.3) is 0 Å². The van der Waals surface area contributed by atoms with Crippen LogP contribution in [0.2, 0.25) is 0 Å². The van der Waals surface area contributed by atoms with E-state index < -0.39 is 0 Å². The zero-order chi connectivity index (χ0) is 37.2. The van der Waals surface area contributed by atoms with Crippen molar-refractivity contribution < 1.29 is 4.42 Å². The van der Waals surface area contributed by atoms with Crippen molar-refractivity contribution in [3.8, 4) is 22.5 Å². The molecule has 7 nitrogen and oxygen atoms in total. The van der Waals surface area contributed by atoms with Crippen LogP contribution in [0.1, 0.15) is 0 Å². The van der Waals surface area contributed by atoms with Crippen LogP contribution in [-0.4, -0.2) is 27.9 Å². The van der Waals surface area contributed by atoms with Crippen molar-refractivity contribution in [2.75, 3.05) is 0 Å². The van der Waals surface area contributed by atoms with E-state index in [1.165, 1.54) is 21.8 Å². The van der Waals surface area contributed by atoms with Gasteiger partial charge in [0.1, 0.15) is 11.2 Å². The van der Waals surface area contributed by atoms with E-state index in [-0.39, 0.29) is 0 Å². The van der Waals surface area contributed by atoms with Gasteiger partial charge in [0.2, 0.25) is 11.6 Å². The molecule has 0 spiro atoms. The first kappa shape index (κ1) is 30.4. The number of hydrogen-bond donors (Lipinski definition) is 0. The lowest BCUT2D eigenvalue weighted by Gasteiger charge is -2.08. The Kier molecular flexibility index (Phi) is 6.04. The summed E-state index contributed by atoms with van der Waals surface area (Å²) in [7, 11) is 0. The molecule has 0 atom stereocenters. The normalized spacial score (nSPS) is 12.2. The first-order valence-electron chi connectivity index (χ1n) is 19.2. The van der Waals surface area contributed by atoms with E-state index in [2.05, 4.69) is 182 Å². The SMILES string of the molecule is c1ccc(-n2c3nc4ccccc4n3c3ccc(-c4ccc5oc6ccc(-n7c8ccccc8c8ccccc87)cc6c5c4)cc3n3c4ccccc4nc23)cc1. The minimum atomic E-state index is 0.781. The standard InChI is InChI=1S/C50H30N6O/c1-2-12-33(13-3-1)54-49-51-39-16-6-10-20-43(39)55(49)45-25-22-32(29-46(45)56-44-21-11-7-17-40(44)52-50(54)56)31-23-26-47-37(28-31)38-30-34(24-27-48(38)57-47)53-41-18-8-4-14-35(41)36-15-5-9-19-42(36)53/h1-30H. The smallest absolute Gasteiger partial charge is 0.223 e. The number of hydrogen-bond acceptors (Lipinski definition) is 3. The second-order valence-electron chi connectivity index (χ2n) is 14.7. The van der Waals surface area contributed by atoms with Crippen LogP contribution in [0, 0.1) is 0 Å². The van der Waals surface area contributed by atoms with Gasteiger partial charge in [-0.1, -0.05) is 91.0 Å². The summed E-state index contributed by atoms with van der Waals surface area (Å²) in [6.45, 7) is 0. The van der Waals surface area contributed by atoms with Crippen molar-refractivity contribution in [3.63, 3.8) is 0 Å². The molecule has 0 unspecified atom stereocenters. The molecule has 5 aromatic heterocycles. The van der Waals surface area contributed by atoms with Gasteiger partial charge in [0, 0.05) is 27.2 Å². The molecule has 0 fully saturated rings. The van der Waals surface area contributed by atoms with Crippen LogP contribution < -0.4 is 0 Å². The van der Waals surface area contributed by atoms with Gasteiger partial charge in [-0.05, 0) is 102 Å². The monoisotopic (exact) mass is 730 g/mol. The maximum absolute atomic E-state index is 6.47. The number of benzene rings is 8. The van der Waals surface area contributed by atoms with Gasteiger partial charge >= 0.3 is 0 Å². The first-order valence-corrected chi connectivity index (χ1v) is 19.2. The van der Waals surface area contributed by atoms with Crippen LogP contribution in [0.4, 0.5) is 0 Å². The van der Waals surface area contributed by atoms with Crippen LogP contribution in [0.15, 0.2) is 186 Å². The number of para-hydroxylation sites is 7. The highest BCUT2D eigenvalue weighted by atomic mass is 16.3. The molecular weight excluding hydrogens is 701 g/mol. The largest absolute Gasteiger partial charge is 0.456 e. The van der Waals surface area contributed by atoms with Crippen molar-refractivity contribution >= 4 is 88.4 Å². The molecule has 13 aromatic rings. The van der Waals surface area contributed by atoms with Crippen LogP contribution in [0.5, 0.6) is 0 Å². The fourth-order valence-corrected chi connectivity index (χ4v) is 9.05. The lowest BCUT2D eigenvalue weighted by Crippen LogP contribution is -2.01. The molecule has 0 aliphatic carbocycles. The van der Waals surface area contributed by atoms with Crippen LogP contribution in [0.25, 0.3) is 111 Å². The third kappa shape index (κ3) is 4.25. The highest BCUT2D eigenvalue weighted by Crippen LogP contribution is 2.38. The van der Waals surface area contributed by atoms with Gasteiger partial charge in [-0.3, -0.25) is 8.80 Å². The fourth-order valence-electron chi connectivity index (χ4n) is 9.05. The summed E-state index contributed by atoms with van der Waals surface area (Å²) < 4.78 is 15.6.